The molecular formula is C13H20N2O5S. The maximum atomic E-state index is 12.0. The number of sulfonamides is 1. The van der Waals surface area contributed by atoms with Gasteiger partial charge in [0.1, 0.15) is 0 Å². The van der Waals surface area contributed by atoms with Gasteiger partial charge in [0.2, 0.25) is 10.0 Å². The van der Waals surface area contributed by atoms with E-state index >= 15 is 0 Å². The summed E-state index contributed by atoms with van der Waals surface area (Å²) in [5.41, 5.74) is 0.263. The van der Waals surface area contributed by atoms with Crippen LogP contribution in [0.5, 0.6) is 0 Å². The summed E-state index contributed by atoms with van der Waals surface area (Å²) in [6.07, 6.45) is 0.654. The van der Waals surface area contributed by atoms with Gasteiger partial charge in [0.25, 0.3) is 0 Å². The first-order chi connectivity index (χ1) is 9.92. The summed E-state index contributed by atoms with van der Waals surface area (Å²) in [6, 6.07) is 3.97. The van der Waals surface area contributed by atoms with Gasteiger partial charge in [-0.15, -0.1) is 0 Å². The molecule has 1 aromatic carbocycles. The van der Waals surface area contributed by atoms with Crippen molar-refractivity contribution in [3.63, 3.8) is 0 Å². The number of hydrogen-bond acceptors (Lipinski definition) is 5. The number of hydrogen-bond donors (Lipinski definition) is 3. The lowest BCUT2D eigenvalue weighted by Gasteiger charge is -2.12. The van der Waals surface area contributed by atoms with E-state index in [1.54, 1.807) is 0 Å². The van der Waals surface area contributed by atoms with Crippen LogP contribution in [0.15, 0.2) is 23.1 Å². The van der Waals surface area contributed by atoms with E-state index in [-0.39, 0.29) is 10.5 Å². The molecular weight excluding hydrogens is 296 g/mol. The van der Waals surface area contributed by atoms with Crippen LogP contribution in [0.2, 0.25) is 0 Å². The van der Waals surface area contributed by atoms with E-state index in [1.807, 2.05) is 6.92 Å². The van der Waals surface area contributed by atoms with Crippen LogP contribution in [0, 0.1) is 0 Å². The van der Waals surface area contributed by atoms with Crippen molar-refractivity contribution < 1.29 is 23.1 Å². The molecule has 1 aromatic rings. The van der Waals surface area contributed by atoms with E-state index in [2.05, 4.69) is 10.0 Å². The van der Waals surface area contributed by atoms with Gasteiger partial charge in [-0.2, -0.15) is 0 Å². The molecule has 0 aliphatic carbocycles. The second-order valence-corrected chi connectivity index (χ2v) is 6.10. The highest BCUT2D eigenvalue weighted by Crippen LogP contribution is 2.20. The zero-order valence-electron chi connectivity index (χ0n) is 12.0. The van der Waals surface area contributed by atoms with E-state index in [4.69, 9.17) is 4.74 Å². The molecule has 21 heavy (non-hydrogen) atoms. The lowest BCUT2D eigenvalue weighted by atomic mass is 10.2. The van der Waals surface area contributed by atoms with Gasteiger partial charge in [-0.05, 0) is 24.6 Å². The van der Waals surface area contributed by atoms with Crippen LogP contribution in [0.25, 0.3) is 0 Å². The van der Waals surface area contributed by atoms with Crippen molar-refractivity contribution in [2.24, 2.45) is 0 Å². The average molecular weight is 316 g/mol. The van der Waals surface area contributed by atoms with Gasteiger partial charge in [0.05, 0.1) is 17.1 Å². The fourth-order valence-corrected chi connectivity index (χ4v) is 2.79. The average Bonchev–Trinajstić information content (AvgIpc) is 2.45. The van der Waals surface area contributed by atoms with Crippen LogP contribution in [-0.4, -0.2) is 46.3 Å². The van der Waals surface area contributed by atoms with Crippen LogP contribution < -0.4 is 10.0 Å². The predicted octanol–water partition coefficient (Wildman–Crippen LogP) is 1.13. The van der Waals surface area contributed by atoms with E-state index < -0.39 is 16.0 Å². The molecule has 8 heteroatoms. The van der Waals surface area contributed by atoms with Gasteiger partial charge in [0, 0.05) is 25.9 Å². The van der Waals surface area contributed by atoms with Gasteiger partial charge >= 0.3 is 5.97 Å². The molecule has 0 spiro atoms. The second-order valence-electron chi connectivity index (χ2n) is 4.33. The third-order valence-corrected chi connectivity index (χ3v) is 4.15. The number of aromatic carboxylic acids is 1. The summed E-state index contributed by atoms with van der Waals surface area (Å²) in [5.74, 6) is -1.19. The highest BCUT2D eigenvalue weighted by molar-refractivity contribution is 7.89. The van der Waals surface area contributed by atoms with Crippen molar-refractivity contribution in [3.05, 3.63) is 23.8 Å². The normalized spacial score (nSPS) is 11.3. The van der Waals surface area contributed by atoms with Crippen LogP contribution in [0.4, 0.5) is 5.69 Å². The van der Waals surface area contributed by atoms with Gasteiger partial charge in [-0.3, -0.25) is 0 Å². The molecule has 3 N–H and O–H groups in total. The number of carboxylic acid groups (broad SMARTS) is 1. The van der Waals surface area contributed by atoms with Crippen molar-refractivity contribution in [2.75, 3.05) is 32.1 Å². The molecule has 0 fully saturated rings. The maximum Gasteiger partial charge on any atom is 0.337 e. The Bertz CT molecular complexity index is 586. The van der Waals surface area contributed by atoms with Gasteiger partial charge in [-0.1, -0.05) is 6.92 Å². The monoisotopic (exact) mass is 316 g/mol. The molecule has 0 bridgehead atoms. The molecule has 0 atom stereocenters. The standard InChI is InChI=1S/C13H20N2O5S/c1-3-6-15-21(18,19)10-4-5-12(14-7-8-20-2)11(9-10)13(16)17/h4-5,9,14-15H,3,6-8H2,1-2H3,(H,16,17). The number of ether oxygens (including phenoxy) is 1. The molecule has 0 heterocycles. The number of rotatable bonds is 9. The Morgan fingerprint density at radius 1 is 1.33 bits per heavy atom. The topological polar surface area (TPSA) is 105 Å². The molecule has 7 nitrogen and oxygen atoms in total. The lowest BCUT2D eigenvalue weighted by molar-refractivity contribution is 0.0697. The molecule has 1 rings (SSSR count). The Morgan fingerprint density at radius 2 is 2.05 bits per heavy atom. The molecule has 0 amide bonds. The fourth-order valence-electron chi connectivity index (χ4n) is 1.63. The smallest absolute Gasteiger partial charge is 0.337 e. The zero-order valence-corrected chi connectivity index (χ0v) is 12.9. The van der Waals surface area contributed by atoms with Crippen LogP contribution in [-0.2, 0) is 14.8 Å². The van der Waals surface area contributed by atoms with E-state index in [1.165, 1.54) is 19.2 Å². The van der Waals surface area contributed by atoms with Gasteiger partial charge in [0.15, 0.2) is 0 Å². The van der Waals surface area contributed by atoms with Crippen molar-refractivity contribution in [3.8, 4) is 0 Å². The molecule has 0 saturated heterocycles. The summed E-state index contributed by atoms with van der Waals surface area (Å²) >= 11 is 0. The van der Waals surface area contributed by atoms with Crippen LogP contribution in [0.1, 0.15) is 23.7 Å². The second kappa shape index (κ2) is 7.96. The van der Waals surface area contributed by atoms with Crippen LogP contribution in [0.3, 0.4) is 0 Å². The number of methoxy groups -OCH3 is 1. The van der Waals surface area contributed by atoms with Crippen molar-refractivity contribution in [1.29, 1.82) is 0 Å². The summed E-state index contributed by atoms with van der Waals surface area (Å²) in [5, 5.41) is 12.1. The molecule has 0 aliphatic rings. The minimum absolute atomic E-state index is 0.0642. The fraction of sp³-hybridized carbons (Fsp3) is 0.462. The summed E-state index contributed by atoms with van der Waals surface area (Å²) in [7, 11) is -2.15. The Balaban J connectivity index is 3.05. The first-order valence-corrected chi connectivity index (χ1v) is 8.00. The third kappa shape index (κ3) is 5.00. The Kier molecular flexibility index (Phi) is 6.60. The lowest BCUT2D eigenvalue weighted by Crippen LogP contribution is -2.24. The number of carboxylic acids is 1. The minimum atomic E-state index is -3.69. The number of anilines is 1. The summed E-state index contributed by atoms with van der Waals surface area (Å²) in [4.78, 5) is 11.2. The number of nitrogens with one attached hydrogen (secondary N) is 2. The van der Waals surface area contributed by atoms with Crippen LogP contribution >= 0.6 is 0 Å². The van der Waals surface area contributed by atoms with Crippen molar-refractivity contribution in [2.45, 2.75) is 18.2 Å². The molecule has 0 aliphatic heterocycles. The van der Waals surface area contributed by atoms with Crippen molar-refractivity contribution in [1.82, 2.24) is 4.72 Å². The van der Waals surface area contributed by atoms with E-state index in [0.717, 1.165) is 6.07 Å². The minimum Gasteiger partial charge on any atom is -0.478 e. The van der Waals surface area contributed by atoms with E-state index in [9.17, 15) is 18.3 Å². The molecule has 118 valence electrons. The predicted molar refractivity (Wildman–Crippen MR) is 79.2 cm³/mol. The van der Waals surface area contributed by atoms with Gasteiger partial charge in [-0.25, -0.2) is 17.9 Å². The van der Waals surface area contributed by atoms with Crippen molar-refractivity contribution >= 4 is 21.7 Å². The maximum absolute atomic E-state index is 12.0. The zero-order chi connectivity index (χ0) is 15.9. The first kappa shape index (κ1) is 17.4. The largest absolute Gasteiger partial charge is 0.478 e. The Hall–Kier alpha value is -1.64. The molecule has 0 saturated carbocycles. The Labute approximate surface area is 124 Å². The third-order valence-electron chi connectivity index (χ3n) is 2.70. The highest BCUT2D eigenvalue weighted by atomic mass is 32.2. The number of carbonyl (C=O) groups is 1. The first-order valence-electron chi connectivity index (χ1n) is 6.52. The van der Waals surface area contributed by atoms with Gasteiger partial charge < -0.3 is 15.2 Å². The highest BCUT2D eigenvalue weighted by Gasteiger charge is 2.18. The van der Waals surface area contributed by atoms with E-state index in [0.29, 0.717) is 31.8 Å². The summed E-state index contributed by atoms with van der Waals surface area (Å²) in [6.45, 7) is 2.99. The molecule has 0 unspecified atom stereocenters. The molecule has 0 aromatic heterocycles. The molecule has 0 radical (unpaired) electrons. The number of benzene rings is 1. The quantitative estimate of drug-likeness (QED) is 0.590. The SMILES string of the molecule is CCCNS(=O)(=O)c1ccc(NCCOC)c(C(=O)O)c1. The Morgan fingerprint density at radius 3 is 2.62 bits per heavy atom. The summed E-state index contributed by atoms with van der Waals surface area (Å²) < 4.78 is 31.3.